The van der Waals surface area contributed by atoms with Crippen molar-refractivity contribution < 1.29 is 27.8 Å². The summed E-state index contributed by atoms with van der Waals surface area (Å²) in [6.07, 6.45) is -0.616. The summed E-state index contributed by atoms with van der Waals surface area (Å²) >= 11 is 0. The van der Waals surface area contributed by atoms with Crippen molar-refractivity contribution in [1.82, 2.24) is 9.97 Å². The molecule has 1 aromatic carbocycles. The third kappa shape index (κ3) is 3.45. The number of rotatable bonds is 6. The molecule has 2 aliphatic rings. The normalized spacial score (nSPS) is 17.1. The lowest BCUT2D eigenvalue weighted by Gasteiger charge is -2.16. The van der Waals surface area contributed by atoms with Crippen LogP contribution < -0.4 is 14.2 Å². The molecule has 1 fully saturated rings. The maximum atomic E-state index is 13.4. The Morgan fingerprint density at radius 2 is 1.91 bits per heavy atom. The monoisotopic (exact) mass is 438 g/mol. The Hall–Kier alpha value is -3.55. The van der Waals surface area contributed by atoms with Gasteiger partial charge in [-0.3, -0.25) is 9.78 Å². The predicted octanol–water partition coefficient (Wildman–Crippen LogP) is 4.63. The number of nitrogens with zero attached hydrogens (tertiary/aromatic N) is 2. The Labute approximate surface area is 183 Å². The van der Waals surface area contributed by atoms with Crippen LogP contribution in [0.15, 0.2) is 48.7 Å². The fourth-order valence-corrected chi connectivity index (χ4v) is 4.11. The van der Waals surface area contributed by atoms with E-state index in [4.69, 9.17) is 9.72 Å². The number of methoxy groups -OCH3 is 1. The Kier molecular flexibility index (Phi) is 4.62. The molecule has 0 atom stereocenters. The molecular formula is C24H20F2N2O4. The van der Waals surface area contributed by atoms with E-state index in [-0.39, 0.29) is 23.7 Å². The van der Waals surface area contributed by atoms with Gasteiger partial charge in [0.15, 0.2) is 11.5 Å². The minimum Gasteiger partial charge on any atom is -0.481 e. The molecule has 8 heteroatoms. The summed E-state index contributed by atoms with van der Waals surface area (Å²) in [5.41, 5.74) is 2.96. The van der Waals surface area contributed by atoms with Gasteiger partial charge in [-0.15, -0.1) is 8.78 Å². The number of aryl methyl sites for hydroxylation is 1. The first kappa shape index (κ1) is 20.4. The van der Waals surface area contributed by atoms with Crippen LogP contribution in [0.2, 0.25) is 0 Å². The van der Waals surface area contributed by atoms with Crippen molar-refractivity contribution in [2.75, 3.05) is 7.11 Å². The molecule has 0 radical (unpaired) electrons. The maximum absolute atomic E-state index is 13.4. The number of hydrogen-bond acceptors (Lipinski definition) is 6. The summed E-state index contributed by atoms with van der Waals surface area (Å²) in [5, 5.41) is 0. The van der Waals surface area contributed by atoms with Gasteiger partial charge in [0, 0.05) is 18.3 Å². The highest BCUT2D eigenvalue weighted by atomic mass is 19.3. The molecule has 2 aromatic heterocycles. The predicted molar refractivity (Wildman–Crippen MR) is 111 cm³/mol. The lowest BCUT2D eigenvalue weighted by molar-refractivity contribution is -0.286. The fourth-order valence-electron chi connectivity index (χ4n) is 4.11. The molecule has 164 valence electrons. The van der Waals surface area contributed by atoms with Crippen molar-refractivity contribution in [3.8, 4) is 28.6 Å². The third-order valence-electron chi connectivity index (χ3n) is 5.95. The molecule has 1 aliphatic heterocycles. The van der Waals surface area contributed by atoms with E-state index >= 15 is 0 Å². The molecule has 6 nitrogen and oxygen atoms in total. The van der Waals surface area contributed by atoms with Gasteiger partial charge in [0.05, 0.1) is 23.8 Å². The molecule has 0 spiro atoms. The number of hydrogen-bond donors (Lipinski definition) is 0. The Balaban J connectivity index is 1.41. The quantitative estimate of drug-likeness (QED) is 0.559. The Morgan fingerprint density at radius 3 is 2.66 bits per heavy atom. The number of pyridine rings is 2. The van der Waals surface area contributed by atoms with Crippen molar-refractivity contribution in [1.29, 1.82) is 0 Å². The Bertz CT molecular complexity index is 1220. The van der Waals surface area contributed by atoms with Crippen molar-refractivity contribution in [3.63, 3.8) is 0 Å². The molecule has 0 unspecified atom stereocenters. The van der Waals surface area contributed by atoms with Crippen molar-refractivity contribution >= 4 is 5.78 Å². The van der Waals surface area contributed by atoms with Crippen molar-refractivity contribution in [2.24, 2.45) is 0 Å². The van der Waals surface area contributed by atoms with Gasteiger partial charge >= 0.3 is 6.29 Å². The summed E-state index contributed by atoms with van der Waals surface area (Å²) in [6, 6.07) is 12.0. The summed E-state index contributed by atoms with van der Waals surface area (Å²) in [7, 11) is 1.55. The van der Waals surface area contributed by atoms with Crippen LogP contribution >= 0.6 is 0 Å². The average molecular weight is 438 g/mol. The van der Waals surface area contributed by atoms with E-state index < -0.39 is 11.7 Å². The second-order valence-corrected chi connectivity index (χ2v) is 8.04. The molecule has 3 heterocycles. The fraction of sp³-hybridized carbons (Fsp3) is 0.292. The van der Waals surface area contributed by atoms with Crippen molar-refractivity contribution in [2.45, 2.75) is 37.9 Å². The van der Waals surface area contributed by atoms with Crippen LogP contribution in [0.25, 0.3) is 11.3 Å². The highest BCUT2D eigenvalue weighted by Crippen LogP contribution is 2.52. The minimum atomic E-state index is -3.68. The molecule has 1 saturated carbocycles. The van der Waals surface area contributed by atoms with Gasteiger partial charge in [-0.1, -0.05) is 12.1 Å². The molecule has 1 aliphatic carbocycles. The second-order valence-electron chi connectivity index (χ2n) is 8.04. The first-order valence-electron chi connectivity index (χ1n) is 10.2. The SMILES string of the molecule is COc1ncccc1-c1nc(CC(=O)C2(c3ccc4c(c3)OC(F)(F)O4)CC2)ccc1C. The number of ether oxygens (including phenoxy) is 3. The molecule has 3 aromatic rings. The van der Waals surface area contributed by atoms with Gasteiger partial charge in [0.2, 0.25) is 5.88 Å². The molecule has 0 N–H and O–H groups in total. The van der Waals surface area contributed by atoms with Crippen LogP contribution in [0.1, 0.15) is 29.7 Å². The minimum absolute atomic E-state index is 0.0106. The number of Topliss-reactive ketones (excluding diaryl/α,β-unsaturated/α-hetero) is 1. The van der Waals surface area contributed by atoms with Gasteiger partial charge in [-0.25, -0.2) is 4.98 Å². The van der Waals surface area contributed by atoms with E-state index in [1.165, 1.54) is 12.1 Å². The highest BCUT2D eigenvalue weighted by molar-refractivity contribution is 5.94. The average Bonchev–Trinajstić information content (AvgIpc) is 3.52. The Morgan fingerprint density at radius 1 is 1.12 bits per heavy atom. The number of fused-ring (bicyclic) bond motifs is 1. The number of aromatic nitrogens is 2. The van der Waals surface area contributed by atoms with Crippen LogP contribution in [0.5, 0.6) is 17.4 Å². The molecule has 32 heavy (non-hydrogen) atoms. The zero-order valence-electron chi connectivity index (χ0n) is 17.5. The van der Waals surface area contributed by atoms with E-state index in [0.717, 1.165) is 11.1 Å². The molecule has 0 amide bonds. The lowest BCUT2D eigenvalue weighted by atomic mass is 9.88. The number of halogens is 2. The van der Waals surface area contributed by atoms with E-state index in [9.17, 15) is 13.6 Å². The van der Waals surface area contributed by atoms with Crippen molar-refractivity contribution in [3.05, 3.63) is 65.5 Å². The summed E-state index contributed by atoms with van der Waals surface area (Å²) in [6.45, 7) is 1.94. The number of alkyl halides is 2. The highest BCUT2D eigenvalue weighted by Gasteiger charge is 2.52. The summed E-state index contributed by atoms with van der Waals surface area (Å²) in [4.78, 5) is 22.2. The van der Waals surface area contributed by atoms with Crippen LogP contribution in [-0.4, -0.2) is 29.2 Å². The number of ketones is 1. The zero-order valence-corrected chi connectivity index (χ0v) is 17.5. The molecule has 0 bridgehead atoms. The number of carbonyl (C=O) groups is 1. The van der Waals surface area contributed by atoms with Crippen LogP contribution in [0.3, 0.4) is 0 Å². The lowest BCUT2D eigenvalue weighted by Crippen LogP contribution is -2.26. The maximum Gasteiger partial charge on any atom is 0.586 e. The van der Waals surface area contributed by atoms with E-state index in [1.54, 1.807) is 25.4 Å². The van der Waals surface area contributed by atoms with Gasteiger partial charge in [0.1, 0.15) is 5.78 Å². The van der Waals surface area contributed by atoms with Crippen LogP contribution in [0, 0.1) is 6.92 Å². The molecule has 5 rings (SSSR count). The first-order chi connectivity index (χ1) is 15.3. The number of benzene rings is 1. The van der Waals surface area contributed by atoms with Gasteiger partial charge < -0.3 is 14.2 Å². The van der Waals surface area contributed by atoms with Gasteiger partial charge in [-0.05, 0) is 61.2 Å². The van der Waals surface area contributed by atoms with Gasteiger partial charge in [-0.2, -0.15) is 0 Å². The standard InChI is InChI=1S/C24H20F2N2O4/c1-14-5-7-16(28-21(14)17-4-3-11-27-22(17)30-2)13-20(29)23(9-10-23)15-6-8-18-19(12-15)32-24(25,26)31-18/h3-8,11-12H,9-10,13H2,1-2H3. The van der Waals surface area contributed by atoms with Crippen LogP contribution in [0.4, 0.5) is 8.78 Å². The molecule has 0 saturated heterocycles. The van der Waals surface area contributed by atoms with E-state index in [0.29, 0.717) is 35.7 Å². The second kappa shape index (κ2) is 7.25. The largest absolute Gasteiger partial charge is 0.586 e. The summed E-state index contributed by atoms with van der Waals surface area (Å²) < 4.78 is 41.1. The van der Waals surface area contributed by atoms with E-state index in [2.05, 4.69) is 14.5 Å². The zero-order chi connectivity index (χ0) is 22.5. The topological polar surface area (TPSA) is 70.5 Å². The summed E-state index contributed by atoms with van der Waals surface area (Å²) in [5.74, 6) is 0.370. The third-order valence-corrected chi connectivity index (χ3v) is 5.95. The molecular weight excluding hydrogens is 418 g/mol. The smallest absolute Gasteiger partial charge is 0.481 e. The van der Waals surface area contributed by atoms with Crippen LogP contribution in [-0.2, 0) is 16.6 Å². The van der Waals surface area contributed by atoms with Gasteiger partial charge in [0.25, 0.3) is 0 Å². The first-order valence-corrected chi connectivity index (χ1v) is 10.2. The van der Waals surface area contributed by atoms with E-state index in [1.807, 2.05) is 25.1 Å². The number of carbonyl (C=O) groups excluding carboxylic acids is 1.